The molecule has 0 atom stereocenters. The molecular formula is C101H115F3N14O6S3. The van der Waals surface area contributed by atoms with Crippen LogP contribution in [-0.2, 0) is 24.2 Å². The molecule has 0 saturated heterocycles. The van der Waals surface area contributed by atoms with Gasteiger partial charge < -0.3 is 34.8 Å². The van der Waals surface area contributed by atoms with Crippen molar-refractivity contribution >= 4 is 68.1 Å². The Balaban J connectivity index is 0.000000138. The second-order valence-electron chi connectivity index (χ2n) is 33.2. The number of amides is 1. The van der Waals surface area contributed by atoms with E-state index in [9.17, 15) is 23.2 Å². The first-order valence-corrected chi connectivity index (χ1v) is 47.7. The van der Waals surface area contributed by atoms with Gasteiger partial charge in [0.2, 0.25) is 0 Å². The molecule has 4 aromatic carbocycles. The number of dihydropyridines is 2. The molecule has 6 aliphatic rings. The van der Waals surface area contributed by atoms with Crippen LogP contribution in [-0.4, -0.2) is 77.2 Å². The summed E-state index contributed by atoms with van der Waals surface area (Å²) in [5.74, 6) is 3.38. The van der Waals surface area contributed by atoms with Crippen molar-refractivity contribution in [2.45, 2.75) is 214 Å². The number of nitrogens with one attached hydrogen (secondary N) is 5. The number of unbranched alkanes of at least 4 members (excludes halogenated alkanes) is 9. The van der Waals surface area contributed by atoms with Crippen LogP contribution >= 0.6 is 34.0 Å². The molecule has 0 spiro atoms. The standard InChI is InChI=1S/C28H32N4OS.C26H29FN6O3.C24H27FN2OS.C23H27FN2OS/c1-3-5-18-6-8-19(9-7-18)20-10-12-21(13-11-20)24-16-23(25-15-14-22(4-2)34-25)26(28(33)31-24)27-29-17-30-32-27;1-2-3-4-5-12-36-18-8-9-19(21(27)13-18)23-14-20(22-10-11-32(30-22)16-17-6-7-17)25(26(35)29-23)33-24(34)15-28-31-33;1-3-4-5-6-11-28-19-9-10-20(21(25)14-19)22-13-18(12-16(2)27-22)24-26-15-23(29-24)17-7-8-17;1-4-6-7-8-11-27-18-9-10-20(21(24)14-18)22-13-17(12-16(3)26-22)23-25-15-19(5-2)28-23/h10-19H,3-9H2,1-2H3,(H,31,33)(H,29,30,32);8-11,13-14,17H,2-7,12,15-16H2,1H3,(H,29,35);9-10,12-15,17,27H,2-8,11H2,1H3;9-10,12-15,26H,3-8,11H2,1-2H3. The molecule has 3 aliphatic carbocycles. The van der Waals surface area contributed by atoms with Gasteiger partial charge in [0.15, 0.2) is 5.82 Å². The van der Waals surface area contributed by atoms with Gasteiger partial charge in [0.05, 0.1) is 36.8 Å². The molecule has 5 N–H and O–H groups in total. The SMILES string of the molecule is C=C1C=C(c2ncc(C3CC3)s2)C=C(c2ccc(OCCCCCC)cc2F)N1.C=C1C=C(c2ncc(CC)s2)C=C(c2ccc(OCCCCCC)cc2F)N1.CCCC1CCC(c2ccc(-c3cc(-c4ccc(CC)s4)c(-c4ncn[nH]4)c(=O)[nH]3)cc2)CC1.CCCCCCOc1ccc(-c2cc(-c3ccn(CC4CC4)n3)c(N3N=NCC3=O)c(=O)[nH]2)c(F)c1. The first-order chi connectivity index (χ1) is 61.9. The highest BCUT2D eigenvalue weighted by Crippen LogP contribution is 2.46. The van der Waals surface area contributed by atoms with Crippen LogP contribution in [0, 0.1) is 29.3 Å². The Hall–Kier alpha value is -11.6. The lowest BCUT2D eigenvalue weighted by Gasteiger charge is -2.28. The number of ether oxygens (including phenoxy) is 3. The number of H-pyrrole nitrogens is 3. The number of thiophene rings is 1. The van der Waals surface area contributed by atoms with E-state index >= 15 is 4.39 Å². The average Bonchev–Trinajstić information content (AvgIpc) is 1.69. The van der Waals surface area contributed by atoms with E-state index in [0.29, 0.717) is 100.0 Å². The zero-order valence-corrected chi connectivity index (χ0v) is 76.0. The van der Waals surface area contributed by atoms with E-state index in [0.717, 1.165) is 136 Å². The van der Waals surface area contributed by atoms with Crippen molar-refractivity contribution < 1.29 is 32.2 Å². The molecule has 26 heteroatoms. The fourth-order valence-electron chi connectivity index (χ4n) is 16.0. The van der Waals surface area contributed by atoms with Gasteiger partial charge in [0.1, 0.15) is 63.3 Å². The van der Waals surface area contributed by atoms with Gasteiger partial charge in [-0.1, -0.05) is 155 Å². The number of thiazole rings is 2. The predicted octanol–water partition coefficient (Wildman–Crippen LogP) is 25.3. The van der Waals surface area contributed by atoms with E-state index in [-0.39, 0.29) is 40.7 Å². The summed E-state index contributed by atoms with van der Waals surface area (Å²) in [4.78, 5) is 62.8. The Labute approximate surface area is 753 Å². The number of carbonyl (C=O) groups is 1. The number of nitrogens with zero attached hydrogens (tertiary/aromatic N) is 9. The maximum atomic E-state index is 15.1. The molecule has 17 rings (SSSR count). The molecule has 664 valence electrons. The molecule has 0 unspecified atom stereocenters. The number of aryl methyl sites for hydroxylation is 2. The number of pyridine rings is 2. The summed E-state index contributed by atoms with van der Waals surface area (Å²) >= 11 is 5.10. The van der Waals surface area contributed by atoms with Gasteiger partial charge in [0.25, 0.3) is 17.0 Å². The minimum Gasteiger partial charge on any atom is -0.493 e. The first kappa shape index (κ1) is 91.6. The third kappa shape index (κ3) is 24.6. The van der Waals surface area contributed by atoms with Gasteiger partial charge >= 0.3 is 0 Å². The van der Waals surface area contributed by atoms with Crippen molar-refractivity contribution in [1.29, 1.82) is 0 Å². The lowest BCUT2D eigenvalue weighted by atomic mass is 9.77. The van der Waals surface area contributed by atoms with Crippen molar-refractivity contribution in [3.63, 3.8) is 0 Å². The van der Waals surface area contributed by atoms with Crippen LogP contribution < -0.4 is 41.0 Å². The molecule has 3 saturated carbocycles. The fourth-order valence-corrected chi connectivity index (χ4v) is 18.9. The molecule has 127 heavy (non-hydrogen) atoms. The average molecular weight is 1770 g/mol. The first-order valence-electron chi connectivity index (χ1n) is 45.3. The minimum absolute atomic E-state index is 0.0223. The second kappa shape index (κ2) is 44.7. The number of rotatable bonds is 36. The van der Waals surface area contributed by atoms with E-state index in [1.807, 2.05) is 59.7 Å². The number of benzene rings is 4. The van der Waals surface area contributed by atoms with Crippen LogP contribution in [0.1, 0.15) is 236 Å². The fraction of sp³-hybridized carbons (Fsp3) is 0.386. The van der Waals surface area contributed by atoms with Gasteiger partial charge in [-0.05, 0) is 209 Å². The van der Waals surface area contributed by atoms with E-state index < -0.39 is 17.3 Å². The van der Waals surface area contributed by atoms with Crippen molar-refractivity contribution in [2.75, 3.05) is 31.4 Å². The van der Waals surface area contributed by atoms with Gasteiger partial charge in [-0.3, -0.25) is 24.2 Å². The lowest BCUT2D eigenvalue weighted by Crippen LogP contribution is -2.29. The number of hydrogen-bond donors (Lipinski definition) is 5. The molecule has 0 radical (unpaired) electrons. The number of carbonyl (C=O) groups excluding carboxylic acids is 1. The number of halogens is 3. The highest BCUT2D eigenvalue weighted by atomic mass is 32.1. The summed E-state index contributed by atoms with van der Waals surface area (Å²) in [7, 11) is 0. The van der Waals surface area contributed by atoms with Gasteiger partial charge in [-0.15, -0.1) is 34.0 Å². The highest BCUT2D eigenvalue weighted by molar-refractivity contribution is 7.15. The predicted molar refractivity (Wildman–Crippen MR) is 508 cm³/mol. The smallest absolute Gasteiger partial charge is 0.275 e. The van der Waals surface area contributed by atoms with Crippen molar-refractivity contribution in [3.05, 3.63) is 262 Å². The normalized spacial score (nSPS) is 15.9. The van der Waals surface area contributed by atoms with Crippen molar-refractivity contribution in [1.82, 2.24) is 55.5 Å². The molecule has 1 amide bonds. The zero-order chi connectivity index (χ0) is 88.7. The Morgan fingerprint density at radius 3 is 1.59 bits per heavy atom. The topological polar surface area (TPSA) is 248 Å². The number of hydrogen-bond acceptors (Lipinski definition) is 18. The van der Waals surface area contributed by atoms with E-state index in [4.69, 9.17) is 14.2 Å². The monoisotopic (exact) mass is 1770 g/mol. The molecular weight excluding hydrogens is 1660 g/mol. The molecule has 3 fully saturated rings. The maximum absolute atomic E-state index is 15.1. The largest absolute Gasteiger partial charge is 0.493 e. The summed E-state index contributed by atoms with van der Waals surface area (Å²) < 4.78 is 63.6. The van der Waals surface area contributed by atoms with E-state index in [1.54, 1.807) is 70.4 Å². The highest BCUT2D eigenvalue weighted by Gasteiger charge is 2.32. The summed E-state index contributed by atoms with van der Waals surface area (Å²) in [6, 6.07) is 33.2. The number of aromatic nitrogens is 9. The third-order valence-corrected chi connectivity index (χ3v) is 27.0. The Bertz CT molecular complexity index is 5890. The van der Waals surface area contributed by atoms with Crippen LogP contribution in [0.15, 0.2) is 203 Å². The van der Waals surface area contributed by atoms with E-state index in [1.165, 1.54) is 135 Å². The lowest BCUT2D eigenvalue weighted by molar-refractivity contribution is -0.116. The Kier molecular flexibility index (Phi) is 32.2. The molecule has 20 nitrogen and oxygen atoms in total. The quantitative estimate of drug-likeness (QED) is 0.0230. The zero-order valence-electron chi connectivity index (χ0n) is 73.6. The molecule has 7 aromatic heterocycles. The van der Waals surface area contributed by atoms with Crippen LogP contribution in [0.2, 0.25) is 0 Å². The van der Waals surface area contributed by atoms with Gasteiger partial charge in [-0.2, -0.15) is 20.3 Å². The summed E-state index contributed by atoms with van der Waals surface area (Å²) in [6.45, 7) is 23.5. The minimum atomic E-state index is -0.580. The summed E-state index contributed by atoms with van der Waals surface area (Å²) in [5.41, 5.74) is 11.1. The van der Waals surface area contributed by atoms with E-state index in [2.05, 4.69) is 158 Å². The van der Waals surface area contributed by atoms with Crippen LogP contribution in [0.5, 0.6) is 17.2 Å². The molecule has 10 heterocycles. The molecule has 3 aliphatic heterocycles. The van der Waals surface area contributed by atoms with Gasteiger partial charge in [-0.25, -0.2) is 28.1 Å². The number of aromatic amines is 3. The third-order valence-electron chi connectivity index (χ3n) is 23.3. The van der Waals surface area contributed by atoms with Crippen LogP contribution in [0.25, 0.3) is 78.1 Å². The summed E-state index contributed by atoms with van der Waals surface area (Å²) in [6.07, 6.45) is 43.0. The molecule has 0 bridgehead atoms. The number of allylic oxidation sites excluding steroid dienone is 6. The van der Waals surface area contributed by atoms with Crippen molar-refractivity contribution in [3.8, 4) is 72.8 Å². The van der Waals surface area contributed by atoms with Crippen molar-refractivity contribution in [2.24, 2.45) is 22.2 Å². The van der Waals surface area contributed by atoms with Crippen LogP contribution in [0.3, 0.4) is 0 Å². The second-order valence-corrected chi connectivity index (χ2v) is 36.6. The van der Waals surface area contributed by atoms with Crippen LogP contribution in [0.4, 0.5) is 18.9 Å². The Morgan fingerprint density at radius 1 is 0.512 bits per heavy atom. The maximum Gasteiger partial charge on any atom is 0.275 e. The number of anilines is 1. The van der Waals surface area contributed by atoms with Gasteiger partial charge in [0, 0.05) is 130 Å². The Morgan fingerprint density at radius 2 is 1.07 bits per heavy atom. The summed E-state index contributed by atoms with van der Waals surface area (Å²) in [5, 5.41) is 28.3. The molecule has 11 aromatic rings.